The topological polar surface area (TPSA) is 59.5 Å². The lowest BCUT2D eigenvalue weighted by Gasteiger charge is -2.35. The number of carbonyl (C=O) groups excluding carboxylic acids is 2. The number of benzene rings is 1. The van der Waals surface area contributed by atoms with Crippen molar-refractivity contribution in [1.29, 1.82) is 0 Å². The Morgan fingerprint density at radius 3 is 2.75 bits per heavy atom. The summed E-state index contributed by atoms with van der Waals surface area (Å²) < 4.78 is 19.6. The van der Waals surface area contributed by atoms with Crippen LogP contribution in [0.5, 0.6) is 0 Å². The fourth-order valence-electron chi connectivity index (χ4n) is 4.89. The van der Waals surface area contributed by atoms with Crippen LogP contribution in [0.15, 0.2) is 48.8 Å². The summed E-state index contributed by atoms with van der Waals surface area (Å²) in [7, 11) is 0. The maximum Gasteiger partial charge on any atom is 0.314 e. The summed E-state index contributed by atoms with van der Waals surface area (Å²) in [5, 5.41) is 0. The molecule has 2 aliphatic rings. The molecule has 4 rings (SSSR count). The van der Waals surface area contributed by atoms with Gasteiger partial charge in [-0.2, -0.15) is 0 Å². The van der Waals surface area contributed by atoms with Crippen molar-refractivity contribution in [3.8, 4) is 0 Å². The zero-order valence-corrected chi connectivity index (χ0v) is 15.8. The zero-order valence-electron chi connectivity index (χ0n) is 15.8. The summed E-state index contributed by atoms with van der Waals surface area (Å²) in [4.78, 5) is 31.7. The molecule has 3 atom stereocenters. The van der Waals surface area contributed by atoms with Crippen LogP contribution in [0.3, 0.4) is 0 Å². The number of rotatable bonds is 5. The van der Waals surface area contributed by atoms with E-state index < -0.39 is 11.2 Å². The molecule has 2 bridgehead atoms. The summed E-state index contributed by atoms with van der Waals surface area (Å²) in [5.74, 6) is -1.27. The van der Waals surface area contributed by atoms with Crippen molar-refractivity contribution in [2.75, 3.05) is 6.61 Å². The molecule has 2 fully saturated rings. The highest BCUT2D eigenvalue weighted by Gasteiger charge is 2.62. The minimum Gasteiger partial charge on any atom is -0.465 e. The number of hydrogen-bond donors (Lipinski definition) is 0. The third-order valence-corrected chi connectivity index (χ3v) is 6.02. The predicted molar refractivity (Wildman–Crippen MR) is 101 cm³/mol. The number of hydrogen-bond acceptors (Lipinski definition) is 4. The van der Waals surface area contributed by atoms with Crippen LogP contribution in [-0.2, 0) is 16.0 Å². The molecule has 1 aromatic heterocycles. The lowest BCUT2D eigenvalue weighted by molar-refractivity contribution is -0.157. The van der Waals surface area contributed by atoms with Gasteiger partial charge in [0.25, 0.3) is 5.91 Å². The fraction of sp³-hybridized carbons (Fsp3) is 0.409. The van der Waals surface area contributed by atoms with E-state index >= 15 is 0 Å². The first-order chi connectivity index (χ1) is 13.6. The van der Waals surface area contributed by atoms with Crippen molar-refractivity contribution in [3.63, 3.8) is 0 Å². The molecular weight excluding hydrogens is 359 g/mol. The van der Waals surface area contributed by atoms with Gasteiger partial charge in [-0.05, 0) is 44.2 Å². The van der Waals surface area contributed by atoms with E-state index in [0.29, 0.717) is 19.4 Å². The fourth-order valence-corrected chi connectivity index (χ4v) is 4.89. The molecule has 6 heteroatoms. The molecule has 146 valence electrons. The van der Waals surface area contributed by atoms with Crippen molar-refractivity contribution in [2.45, 2.75) is 44.7 Å². The van der Waals surface area contributed by atoms with E-state index in [1.807, 2.05) is 30.3 Å². The molecule has 0 unspecified atom stereocenters. The van der Waals surface area contributed by atoms with Crippen LogP contribution in [0.25, 0.3) is 0 Å². The van der Waals surface area contributed by atoms with Crippen molar-refractivity contribution >= 4 is 11.9 Å². The second-order valence-electron chi connectivity index (χ2n) is 7.56. The van der Waals surface area contributed by atoms with Gasteiger partial charge >= 0.3 is 5.97 Å². The lowest BCUT2D eigenvalue weighted by Crippen LogP contribution is -2.47. The van der Waals surface area contributed by atoms with Gasteiger partial charge in [0.05, 0.1) is 23.8 Å². The molecule has 0 saturated carbocycles. The first-order valence-corrected chi connectivity index (χ1v) is 9.70. The number of nitrogens with zero attached hydrogens (tertiary/aromatic N) is 2. The van der Waals surface area contributed by atoms with Gasteiger partial charge in [-0.1, -0.05) is 30.3 Å². The molecule has 1 amide bonds. The minimum absolute atomic E-state index is 0.00581. The molecule has 2 aromatic rings. The van der Waals surface area contributed by atoms with E-state index in [4.69, 9.17) is 4.74 Å². The van der Waals surface area contributed by atoms with Gasteiger partial charge in [0.1, 0.15) is 0 Å². The number of aromatic nitrogens is 1. The second kappa shape index (κ2) is 7.34. The quantitative estimate of drug-likeness (QED) is 0.744. The average molecular weight is 382 g/mol. The SMILES string of the molecule is CCOC(=O)[C@@]1(Cc2ccccc2)C[C@H]2CC[C@@H]1N2C(=O)c1ccncc1F. The molecule has 0 N–H and O–H groups in total. The highest BCUT2D eigenvalue weighted by Crippen LogP contribution is 2.52. The van der Waals surface area contributed by atoms with Gasteiger partial charge < -0.3 is 9.64 Å². The van der Waals surface area contributed by atoms with Crippen LogP contribution in [0.4, 0.5) is 4.39 Å². The predicted octanol–water partition coefficient (Wildman–Crippen LogP) is 3.39. The Morgan fingerprint density at radius 1 is 1.25 bits per heavy atom. The van der Waals surface area contributed by atoms with E-state index in [0.717, 1.165) is 24.6 Å². The Bertz CT molecular complexity index is 888. The zero-order chi connectivity index (χ0) is 19.7. The standard InChI is InChI=1S/C22H23FN2O3/c1-2-28-21(27)22(12-15-6-4-3-5-7-15)13-16-8-9-19(22)25(16)20(26)17-10-11-24-14-18(17)23/h3-7,10-11,14,16,19H,2,8-9,12-13H2,1H3/t16-,19+,22+/m1/s1. The van der Waals surface area contributed by atoms with Crippen LogP contribution in [0, 0.1) is 11.2 Å². The van der Waals surface area contributed by atoms with E-state index in [2.05, 4.69) is 4.98 Å². The maximum atomic E-state index is 14.2. The van der Waals surface area contributed by atoms with Crippen LogP contribution >= 0.6 is 0 Å². The maximum absolute atomic E-state index is 14.2. The molecule has 2 aliphatic heterocycles. The highest BCUT2D eigenvalue weighted by atomic mass is 19.1. The normalized spacial score (nSPS) is 25.7. The molecular formula is C22H23FN2O3. The summed E-state index contributed by atoms with van der Waals surface area (Å²) in [6, 6.07) is 10.8. The lowest BCUT2D eigenvalue weighted by atomic mass is 9.70. The third-order valence-electron chi connectivity index (χ3n) is 6.02. The Balaban J connectivity index is 1.70. The molecule has 0 radical (unpaired) electrons. The average Bonchev–Trinajstić information content (AvgIpc) is 3.25. The van der Waals surface area contributed by atoms with Gasteiger partial charge in [-0.15, -0.1) is 0 Å². The van der Waals surface area contributed by atoms with Crippen LogP contribution in [0.1, 0.15) is 42.1 Å². The van der Waals surface area contributed by atoms with Gasteiger partial charge in [0.2, 0.25) is 0 Å². The molecule has 0 aliphatic carbocycles. The van der Waals surface area contributed by atoms with Gasteiger partial charge in [0, 0.05) is 18.3 Å². The van der Waals surface area contributed by atoms with E-state index in [1.54, 1.807) is 11.8 Å². The summed E-state index contributed by atoms with van der Waals surface area (Å²) in [6.07, 6.45) is 5.05. The van der Waals surface area contributed by atoms with Crippen molar-refractivity contribution < 1.29 is 18.7 Å². The molecule has 5 nitrogen and oxygen atoms in total. The van der Waals surface area contributed by atoms with Crippen molar-refractivity contribution in [1.82, 2.24) is 9.88 Å². The van der Waals surface area contributed by atoms with Crippen molar-refractivity contribution in [3.05, 3.63) is 65.7 Å². The smallest absolute Gasteiger partial charge is 0.314 e. The van der Waals surface area contributed by atoms with Crippen LogP contribution < -0.4 is 0 Å². The molecule has 1 aromatic carbocycles. The molecule has 3 heterocycles. The Labute approximate surface area is 163 Å². The number of pyridine rings is 1. The number of halogens is 1. The monoisotopic (exact) mass is 382 g/mol. The van der Waals surface area contributed by atoms with Crippen LogP contribution in [0.2, 0.25) is 0 Å². The Kier molecular flexibility index (Phi) is 4.87. The van der Waals surface area contributed by atoms with Crippen molar-refractivity contribution in [2.24, 2.45) is 5.41 Å². The summed E-state index contributed by atoms with van der Waals surface area (Å²) in [6.45, 7) is 2.08. The van der Waals surface area contributed by atoms with E-state index in [-0.39, 0.29) is 29.5 Å². The second-order valence-corrected chi connectivity index (χ2v) is 7.56. The van der Waals surface area contributed by atoms with Gasteiger partial charge in [-0.3, -0.25) is 14.6 Å². The van der Waals surface area contributed by atoms with Gasteiger partial charge in [-0.25, -0.2) is 4.39 Å². The molecule has 2 saturated heterocycles. The van der Waals surface area contributed by atoms with Crippen LogP contribution in [-0.4, -0.2) is 40.5 Å². The third kappa shape index (κ3) is 2.97. The Morgan fingerprint density at radius 2 is 2.04 bits per heavy atom. The summed E-state index contributed by atoms with van der Waals surface area (Å²) >= 11 is 0. The number of fused-ring (bicyclic) bond motifs is 2. The number of carbonyl (C=O) groups is 2. The van der Waals surface area contributed by atoms with E-state index in [9.17, 15) is 14.0 Å². The largest absolute Gasteiger partial charge is 0.465 e. The first kappa shape index (κ1) is 18.6. The number of amides is 1. The number of esters is 1. The van der Waals surface area contributed by atoms with Gasteiger partial charge in [0.15, 0.2) is 5.82 Å². The summed E-state index contributed by atoms with van der Waals surface area (Å²) in [5.41, 5.74) is 0.247. The Hall–Kier alpha value is -2.76. The van der Waals surface area contributed by atoms with E-state index in [1.165, 1.54) is 12.3 Å². The number of ether oxygens (including phenoxy) is 1. The highest BCUT2D eigenvalue weighted by molar-refractivity contribution is 5.96. The minimum atomic E-state index is -0.792. The molecule has 0 spiro atoms. The molecule has 28 heavy (non-hydrogen) atoms. The first-order valence-electron chi connectivity index (χ1n) is 9.70.